The standard InChI is InChI=1S/C19H23N7S/c20-16-4-1-5-19(16)6-9-25(10-7-19)18-22-12-15(17-23-13-24-26(17)18)27-14-3-2-8-21-11-14/h2-3,8,11-13,16H,1,4-7,9-10,20H2/t16-/m1/s1. The third kappa shape index (κ3) is 2.96. The number of anilines is 1. The fourth-order valence-corrected chi connectivity index (χ4v) is 5.40. The van der Waals surface area contributed by atoms with Gasteiger partial charge in [-0.3, -0.25) is 4.98 Å². The molecule has 1 saturated carbocycles. The lowest BCUT2D eigenvalue weighted by Gasteiger charge is -2.42. The number of pyridine rings is 1. The molecule has 3 aromatic heterocycles. The SMILES string of the molecule is N[C@@H]1CCCC12CCN(c1ncc(Sc3cccnc3)c3ncnn13)CC2. The zero-order valence-electron chi connectivity index (χ0n) is 15.2. The second-order valence-electron chi connectivity index (χ2n) is 7.56. The highest BCUT2D eigenvalue weighted by molar-refractivity contribution is 7.99. The molecule has 3 aromatic rings. The molecule has 1 spiro atoms. The molecule has 1 aliphatic carbocycles. The molecular formula is C19H23N7S. The molecule has 0 unspecified atom stereocenters. The van der Waals surface area contributed by atoms with Gasteiger partial charge < -0.3 is 10.6 Å². The van der Waals surface area contributed by atoms with E-state index in [0.29, 0.717) is 11.5 Å². The van der Waals surface area contributed by atoms with Crippen molar-refractivity contribution in [3.8, 4) is 0 Å². The Bertz CT molecular complexity index is 934. The average molecular weight is 382 g/mol. The summed E-state index contributed by atoms with van der Waals surface area (Å²) in [5.74, 6) is 0.874. The summed E-state index contributed by atoms with van der Waals surface area (Å²) < 4.78 is 1.87. The second-order valence-corrected chi connectivity index (χ2v) is 8.67. The van der Waals surface area contributed by atoms with Gasteiger partial charge in [0, 0.05) is 42.6 Å². The molecular weight excluding hydrogens is 358 g/mol. The van der Waals surface area contributed by atoms with Gasteiger partial charge in [0.1, 0.15) is 6.33 Å². The van der Waals surface area contributed by atoms with Gasteiger partial charge in [-0.25, -0.2) is 9.97 Å². The van der Waals surface area contributed by atoms with Crippen LogP contribution < -0.4 is 10.6 Å². The van der Waals surface area contributed by atoms with E-state index in [4.69, 9.17) is 10.7 Å². The van der Waals surface area contributed by atoms with Crippen molar-refractivity contribution < 1.29 is 0 Å². The Hall–Kier alpha value is -2.19. The van der Waals surface area contributed by atoms with Crippen LogP contribution in [0.3, 0.4) is 0 Å². The summed E-state index contributed by atoms with van der Waals surface area (Å²) in [6.45, 7) is 1.95. The maximum Gasteiger partial charge on any atom is 0.228 e. The van der Waals surface area contributed by atoms with Crippen molar-refractivity contribution >= 4 is 23.4 Å². The van der Waals surface area contributed by atoms with Crippen LogP contribution in [-0.4, -0.2) is 43.7 Å². The van der Waals surface area contributed by atoms with Gasteiger partial charge in [-0.2, -0.15) is 9.61 Å². The molecule has 2 fully saturated rings. The molecule has 1 saturated heterocycles. The number of hydrogen-bond donors (Lipinski definition) is 1. The molecule has 0 amide bonds. The Morgan fingerprint density at radius 1 is 1.15 bits per heavy atom. The number of rotatable bonds is 3. The first-order valence-corrected chi connectivity index (χ1v) is 10.3. The fourth-order valence-electron chi connectivity index (χ4n) is 4.55. The van der Waals surface area contributed by atoms with Gasteiger partial charge in [-0.1, -0.05) is 18.2 Å². The minimum absolute atomic E-state index is 0.341. The summed E-state index contributed by atoms with van der Waals surface area (Å²) in [7, 11) is 0. The van der Waals surface area contributed by atoms with E-state index < -0.39 is 0 Å². The van der Waals surface area contributed by atoms with Crippen LogP contribution in [0.15, 0.2) is 46.8 Å². The quantitative estimate of drug-likeness (QED) is 0.746. The summed E-state index contributed by atoms with van der Waals surface area (Å²) in [6, 6.07) is 4.33. The minimum atomic E-state index is 0.341. The van der Waals surface area contributed by atoms with Gasteiger partial charge >= 0.3 is 0 Å². The summed E-state index contributed by atoms with van der Waals surface area (Å²) in [5, 5.41) is 4.45. The number of aromatic nitrogens is 5. The molecule has 0 aromatic carbocycles. The van der Waals surface area contributed by atoms with Crippen molar-refractivity contribution in [2.75, 3.05) is 18.0 Å². The van der Waals surface area contributed by atoms with Gasteiger partial charge in [-0.05, 0) is 43.2 Å². The summed E-state index contributed by atoms with van der Waals surface area (Å²) in [6.07, 6.45) is 13.1. The zero-order valence-corrected chi connectivity index (χ0v) is 16.0. The zero-order chi connectivity index (χ0) is 18.3. The van der Waals surface area contributed by atoms with Crippen molar-refractivity contribution in [1.29, 1.82) is 0 Å². The molecule has 1 aliphatic heterocycles. The van der Waals surface area contributed by atoms with Crippen LogP contribution >= 0.6 is 11.8 Å². The van der Waals surface area contributed by atoms with Crippen LogP contribution in [0.4, 0.5) is 5.95 Å². The lowest BCUT2D eigenvalue weighted by Crippen LogP contribution is -2.47. The highest BCUT2D eigenvalue weighted by Gasteiger charge is 2.43. The van der Waals surface area contributed by atoms with Gasteiger partial charge in [-0.15, -0.1) is 0 Å². The van der Waals surface area contributed by atoms with Crippen molar-refractivity contribution in [2.45, 2.75) is 47.9 Å². The second kappa shape index (κ2) is 6.76. The predicted octanol–water partition coefficient (Wildman–Crippen LogP) is 2.77. The van der Waals surface area contributed by atoms with E-state index in [-0.39, 0.29) is 0 Å². The third-order valence-electron chi connectivity index (χ3n) is 6.14. The number of hydrogen-bond acceptors (Lipinski definition) is 7. The van der Waals surface area contributed by atoms with Gasteiger partial charge in [0.2, 0.25) is 5.95 Å². The number of piperidine rings is 1. The Morgan fingerprint density at radius 3 is 2.78 bits per heavy atom. The lowest BCUT2D eigenvalue weighted by molar-refractivity contribution is 0.196. The minimum Gasteiger partial charge on any atom is -0.341 e. The Balaban J connectivity index is 1.41. The van der Waals surface area contributed by atoms with E-state index >= 15 is 0 Å². The number of nitrogens with zero attached hydrogens (tertiary/aromatic N) is 6. The Kier molecular flexibility index (Phi) is 4.24. The van der Waals surface area contributed by atoms with Gasteiger partial charge in [0.15, 0.2) is 5.65 Å². The van der Waals surface area contributed by atoms with Crippen LogP contribution in [-0.2, 0) is 0 Å². The van der Waals surface area contributed by atoms with Crippen molar-refractivity contribution in [1.82, 2.24) is 24.6 Å². The molecule has 8 heteroatoms. The summed E-state index contributed by atoms with van der Waals surface area (Å²) in [5.41, 5.74) is 7.61. The highest BCUT2D eigenvalue weighted by Crippen LogP contribution is 2.46. The monoisotopic (exact) mass is 381 g/mol. The normalized spacial score (nSPS) is 22.0. The smallest absolute Gasteiger partial charge is 0.228 e. The van der Waals surface area contributed by atoms with E-state index in [9.17, 15) is 0 Å². The first-order chi connectivity index (χ1) is 13.3. The molecule has 2 N–H and O–H groups in total. The third-order valence-corrected chi connectivity index (χ3v) is 7.12. The molecule has 1 atom stereocenters. The first kappa shape index (κ1) is 16.9. The van der Waals surface area contributed by atoms with E-state index in [1.807, 2.05) is 29.0 Å². The van der Waals surface area contributed by atoms with Crippen LogP contribution in [0.25, 0.3) is 5.65 Å². The Labute approximate surface area is 162 Å². The van der Waals surface area contributed by atoms with Crippen LogP contribution in [0.5, 0.6) is 0 Å². The molecule has 0 radical (unpaired) electrons. The van der Waals surface area contributed by atoms with E-state index in [1.165, 1.54) is 19.3 Å². The maximum atomic E-state index is 6.43. The molecule has 2 aliphatic rings. The fraction of sp³-hybridized carbons (Fsp3) is 0.474. The molecule has 7 nitrogen and oxygen atoms in total. The van der Waals surface area contributed by atoms with Crippen LogP contribution in [0.2, 0.25) is 0 Å². The first-order valence-electron chi connectivity index (χ1n) is 9.52. The summed E-state index contributed by atoms with van der Waals surface area (Å²) >= 11 is 1.61. The van der Waals surface area contributed by atoms with Gasteiger partial charge in [0.05, 0.1) is 4.90 Å². The van der Waals surface area contributed by atoms with Crippen LogP contribution in [0, 0.1) is 5.41 Å². The number of fused-ring (bicyclic) bond motifs is 1. The largest absolute Gasteiger partial charge is 0.341 e. The van der Waals surface area contributed by atoms with E-state index in [1.54, 1.807) is 24.3 Å². The van der Waals surface area contributed by atoms with Crippen molar-refractivity contribution in [2.24, 2.45) is 11.1 Å². The van der Waals surface area contributed by atoms with Crippen molar-refractivity contribution in [3.05, 3.63) is 37.1 Å². The van der Waals surface area contributed by atoms with Crippen LogP contribution in [0.1, 0.15) is 32.1 Å². The van der Waals surface area contributed by atoms with Gasteiger partial charge in [0.25, 0.3) is 0 Å². The van der Waals surface area contributed by atoms with E-state index in [2.05, 4.69) is 20.0 Å². The molecule has 5 rings (SSSR count). The van der Waals surface area contributed by atoms with Crippen molar-refractivity contribution in [3.63, 3.8) is 0 Å². The highest BCUT2D eigenvalue weighted by atomic mass is 32.2. The van der Waals surface area contributed by atoms with E-state index in [0.717, 1.165) is 47.3 Å². The molecule has 4 heterocycles. The average Bonchev–Trinajstić information content (AvgIpc) is 3.32. The molecule has 0 bridgehead atoms. The molecule has 27 heavy (non-hydrogen) atoms. The predicted molar refractivity (Wildman–Crippen MR) is 105 cm³/mol. The topological polar surface area (TPSA) is 85.2 Å². The lowest BCUT2D eigenvalue weighted by atomic mass is 9.74. The number of nitrogens with two attached hydrogens (primary N) is 1. The Morgan fingerprint density at radius 2 is 2.04 bits per heavy atom. The summed E-state index contributed by atoms with van der Waals surface area (Å²) in [4.78, 5) is 17.8. The maximum absolute atomic E-state index is 6.43. The molecule has 140 valence electrons.